The Morgan fingerprint density at radius 3 is 2.94 bits per heavy atom. The Hall–Kier alpha value is -2.08. The SMILES string of the molecule is CCOC(=O)C(O)c1ccc2c(c1)oc(=O)n2C. The van der Waals surface area contributed by atoms with Crippen LogP contribution in [0.25, 0.3) is 11.1 Å². The van der Waals surface area contributed by atoms with Crippen LogP contribution in [0, 0.1) is 0 Å². The number of rotatable bonds is 3. The fourth-order valence-electron chi connectivity index (χ4n) is 1.68. The van der Waals surface area contributed by atoms with E-state index in [1.54, 1.807) is 26.1 Å². The number of hydrogen-bond acceptors (Lipinski definition) is 5. The van der Waals surface area contributed by atoms with Crippen LogP contribution in [0.3, 0.4) is 0 Å². The van der Waals surface area contributed by atoms with Crippen LogP contribution >= 0.6 is 0 Å². The van der Waals surface area contributed by atoms with E-state index < -0.39 is 17.8 Å². The molecule has 0 amide bonds. The van der Waals surface area contributed by atoms with Gasteiger partial charge in [-0.25, -0.2) is 9.59 Å². The lowest BCUT2D eigenvalue weighted by molar-refractivity contribution is -0.153. The Morgan fingerprint density at radius 2 is 2.28 bits per heavy atom. The molecule has 0 aliphatic carbocycles. The molecular formula is C12H13NO5. The van der Waals surface area contributed by atoms with Gasteiger partial charge >= 0.3 is 11.7 Å². The molecule has 0 bridgehead atoms. The summed E-state index contributed by atoms with van der Waals surface area (Å²) in [6.45, 7) is 1.85. The average molecular weight is 251 g/mol. The quantitative estimate of drug-likeness (QED) is 0.813. The van der Waals surface area contributed by atoms with Gasteiger partial charge in [-0.2, -0.15) is 0 Å². The number of oxazole rings is 1. The molecule has 96 valence electrons. The van der Waals surface area contributed by atoms with Gasteiger partial charge in [-0.05, 0) is 24.6 Å². The predicted molar refractivity (Wildman–Crippen MR) is 63.0 cm³/mol. The predicted octanol–water partition coefficient (Wildman–Crippen LogP) is 0.728. The van der Waals surface area contributed by atoms with Gasteiger partial charge < -0.3 is 14.3 Å². The van der Waals surface area contributed by atoms with Crippen molar-refractivity contribution in [1.29, 1.82) is 0 Å². The molecule has 0 saturated heterocycles. The summed E-state index contributed by atoms with van der Waals surface area (Å²) < 4.78 is 11.0. The van der Waals surface area contributed by atoms with Gasteiger partial charge in [-0.3, -0.25) is 4.57 Å². The molecule has 0 fully saturated rings. The molecular weight excluding hydrogens is 238 g/mol. The highest BCUT2D eigenvalue weighted by Crippen LogP contribution is 2.20. The van der Waals surface area contributed by atoms with Crippen molar-refractivity contribution in [2.75, 3.05) is 6.61 Å². The van der Waals surface area contributed by atoms with E-state index in [1.807, 2.05) is 0 Å². The van der Waals surface area contributed by atoms with Crippen LogP contribution in [-0.4, -0.2) is 22.2 Å². The second kappa shape index (κ2) is 4.66. The zero-order valence-corrected chi connectivity index (χ0v) is 10.0. The van der Waals surface area contributed by atoms with Crippen molar-refractivity contribution < 1.29 is 19.1 Å². The third-order valence-corrected chi connectivity index (χ3v) is 2.64. The number of fused-ring (bicyclic) bond motifs is 1. The number of benzene rings is 1. The molecule has 2 aromatic rings. The molecule has 0 aliphatic heterocycles. The Kier molecular flexibility index (Phi) is 3.20. The molecule has 6 nitrogen and oxygen atoms in total. The molecule has 0 saturated carbocycles. The van der Waals surface area contributed by atoms with E-state index in [0.717, 1.165) is 0 Å². The topological polar surface area (TPSA) is 81.7 Å². The van der Waals surface area contributed by atoms with Gasteiger partial charge in [-0.15, -0.1) is 0 Å². The van der Waals surface area contributed by atoms with Gasteiger partial charge in [0.05, 0.1) is 12.1 Å². The van der Waals surface area contributed by atoms with Crippen molar-refractivity contribution in [1.82, 2.24) is 4.57 Å². The molecule has 6 heteroatoms. The normalized spacial score (nSPS) is 12.6. The summed E-state index contributed by atoms with van der Waals surface area (Å²) in [7, 11) is 1.58. The Bertz CT molecular complexity index is 639. The summed E-state index contributed by atoms with van der Waals surface area (Å²) in [6, 6.07) is 4.62. The lowest BCUT2D eigenvalue weighted by Gasteiger charge is -2.09. The van der Waals surface area contributed by atoms with Gasteiger partial charge in [0.15, 0.2) is 11.7 Å². The maximum Gasteiger partial charge on any atom is 0.419 e. The van der Waals surface area contributed by atoms with E-state index in [4.69, 9.17) is 9.15 Å². The van der Waals surface area contributed by atoms with Crippen LogP contribution in [0.1, 0.15) is 18.6 Å². The molecule has 0 radical (unpaired) electrons. The van der Waals surface area contributed by atoms with Crippen molar-refractivity contribution >= 4 is 17.1 Å². The van der Waals surface area contributed by atoms with E-state index in [9.17, 15) is 14.7 Å². The first-order chi connectivity index (χ1) is 8.54. The van der Waals surface area contributed by atoms with Crippen LogP contribution in [0.15, 0.2) is 27.4 Å². The number of aryl methyl sites for hydroxylation is 1. The van der Waals surface area contributed by atoms with Crippen LogP contribution < -0.4 is 5.76 Å². The van der Waals surface area contributed by atoms with E-state index in [-0.39, 0.29) is 6.61 Å². The summed E-state index contributed by atoms with van der Waals surface area (Å²) in [5.74, 6) is -1.22. The number of ether oxygens (including phenoxy) is 1. The number of nitrogens with zero attached hydrogens (tertiary/aromatic N) is 1. The largest absolute Gasteiger partial charge is 0.464 e. The second-order valence-electron chi connectivity index (χ2n) is 3.81. The number of aliphatic hydroxyl groups excluding tert-OH is 1. The monoisotopic (exact) mass is 251 g/mol. The minimum absolute atomic E-state index is 0.193. The van der Waals surface area contributed by atoms with E-state index in [2.05, 4.69) is 0 Å². The average Bonchev–Trinajstić information content (AvgIpc) is 2.64. The van der Waals surface area contributed by atoms with Crippen molar-refractivity contribution in [2.45, 2.75) is 13.0 Å². The third kappa shape index (κ3) is 2.02. The summed E-state index contributed by atoms with van der Waals surface area (Å²) in [6.07, 6.45) is -1.38. The van der Waals surface area contributed by atoms with Crippen molar-refractivity contribution in [3.05, 3.63) is 34.3 Å². The number of esters is 1. The molecule has 0 aliphatic rings. The highest BCUT2D eigenvalue weighted by molar-refractivity contribution is 5.80. The smallest absolute Gasteiger partial charge is 0.419 e. The molecule has 1 aromatic carbocycles. The molecule has 18 heavy (non-hydrogen) atoms. The number of aromatic nitrogens is 1. The summed E-state index contributed by atoms with van der Waals surface area (Å²) >= 11 is 0. The molecule has 1 N–H and O–H groups in total. The minimum atomic E-state index is -1.38. The Labute approximate surface area is 102 Å². The van der Waals surface area contributed by atoms with Crippen molar-refractivity contribution in [3.63, 3.8) is 0 Å². The van der Waals surface area contributed by atoms with Gasteiger partial charge in [0.1, 0.15) is 0 Å². The maximum absolute atomic E-state index is 11.4. The summed E-state index contributed by atoms with van der Waals surface area (Å²) in [4.78, 5) is 22.7. The second-order valence-corrected chi connectivity index (χ2v) is 3.81. The highest BCUT2D eigenvalue weighted by Gasteiger charge is 2.19. The van der Waals surface area contributed by atoms with Gasteiger partial charge in [0.2, 0.25) is 0 Å². The molecule has 1 unspecified atom stereocenters. The van der Waals surface area contributed by atoms with Crippen LogP contribution in [0.5, 0.6) is 0 Å². The van der Waals surface area contributed by atoms with Crippen LogP contribution in [-0.2, 0) is 16.6 Å². The molecule has 1 heterocycles. The first-order valence-corrected chi connectivity index (χ1v) is 5.48. The summed E-state index contributed by atoms with van der Waals surface area (Å²) in [5.41, 5.74) is 1.25. The molecule has 1 atom stereocenters. The zero-order chi connectivity index (χ0) is 13.3. The van der Waals surface area contributed by atoms with Gasteiger partial charge in [0, 0.05) is 7.05 Å². The number of carbonyl (C=O) groups excluding carboxylic acids is 1. The maximum atomic E-state index is 11.4. The highest BCUT2D eigenvalue weighted by atomic mass is 16.5. The molecule has 0 spiro atoms. The Morgan fingerprint density at radius 1 is 1.56 bits per heavy atom. The fraction of sp³-hybridized carbons (Fsp3) is 0.333. The van der Waals surface area contributed by atoms with E-state index in [0.29, 0.717) is 16.7 Å². The number of carbonyl (C=O) groups is 1. The minimum Gasteiger partial charge on any atom is -0.464 e. The van der Waals surface area contributed by atoms with Gasteiger partial charge in [0.25, 0.3) is 0 Å². The van der Waals surface area contributed by atoms with Crippen LogP contribution in [0.4, 0.5) is 0 Å². The third-order valence-electron chi connectivity index (χ3n) is 2.64. The van der Waals surface area contributed by atoms with Crippen molar-refractivity contribution in [2.24, 2.45) is 7.05 Å². The molecule has 1 aromatic heterocycles. The number of hydrogen-bond donors (Lipinski definition) is 1. The van der Waals surface area contributed by atoms with Crippen molar-refractivity contribution in [3.8, 4) is 0 Å². The molecule has 2 rings (SSSR count). The van der Waals surface area contributed by atoms with Crippen LogP contribution in [0.2, 0.25) is 0 Å². The lowest BCUT2D eigenvalue weighted by atomic mass is 10.1. The standard InChI is InChI=1S/C12H13NO5/c1-3-17-11(15)10(14)7-4-5-8-9(6-7)18-12(16)13(8)2/h4-6,10,14H,3H2,1-2H3. The summed E-state index contributed by atoms with van der Waals surface area (Å²) in [5, 5.41) is 9.75. The zero-order valence-electron chi connectivity index (χ0n) is 10.0. The van der Waals surface area contributed by atoms with E-state index in [1.165, 1.54) is 10.6 Å². The Balaban J connectivity index is 2.41. The first-order valence-electron chi connectivity index (χ1n) is 5.48. The lowest BCUT2D eigenvalue weighted by Crippen LogP contribution is -2.15. The van der Waals surface area contributed by atoms with Gasteiger partial charge in [-0.1, -0.05) is 6.07 Å². The van der Waals surface area contributed by atoms with E-state index >= 15 is 0 Å². The first kappa shape index (κ1) is 12.4. The number of aliphatic hydroxyl groups is 1. The fourth-order valence-corrected chi connectivity index (χ4v) is 1.68.